The normalized spacial score (nSPS) is 18.4. The maximum Gasteiger partial charge on any atom is 0.326 e. The fourth-order valence-electron chi connectivity index (χ4n) is 7.98. The summed E-state index contributed by atoms with van der Waals surface area (Å²) in [5.41, 5.74) is 5.26. The number of aromatic nitrogens is 2. The van der Waals surface area contributed by atoms with Crippen LogP contribution in [0.2, 0.25) is 0 Å². The van der Waals surface area contributed by atoms with Gasteiger partial charge in [0.2, 0.25) is 5.91 Å². The first kappa shape index (κ1) is 40.4. The summed E-state index contributed by atoms with van der Waals surface area (Å²) in [6.45, 7) is 7.69. The van der Waals surface area contributed by atoms with E-state index in [1.807, 2.05) is 60.9 Å². The molecule has 0 radical (unpaired) electrons. The summed E-state index contributed by atoms with van der Waals surface area (Å²) in [6, 6.07) is 21.7. The largest absolute Gasteiger partial charge is 0.497 e. The average Bonchev–Trinajstić information content (AvgIpc) is 3.20. The summed E-state index contributed by atoms with van der Waals surface area (Å²) in [6.07, 6.45) is 16.9. The Morgan fingerprint density at radius 3 is 2.05 bits per heavy atom. The van der Waals surface area contributed by atoms with Crippen LogP contribution in [0.25, 0.3) is 17.0 Å². The molecule has 0 bridgehead atoms. The number of ether oxygens (including phenoxy) is 2. The SMILES string of the molecule is CCC1CCC(C2CC=C(c3cnc(-c4ccc(CN(CC(=O)OC(C)(C)C)C(=O)c5ccc(NC(=O)Cc6ccc(OC)cc6)cc5)cc4)nc3)CC2)CC1. The number of hydrogen-bond donors (Lipinski definition) is 1. The summed E-state index contributed by atoms with van der Waals surface area (Å²) in [5.74, 6) is 2.98. The lowest BCUT2D eigenvalue weighted by Gasteiger charge is -2.35. The molecule has 9 nitrogen and oxygen atoms in total. The minimum absolute atomic E-state index is 0.181. The number of rotatable bonds is 13. The van der Waals surface area contributed by atoms with Gasteiger partial charge in [0, 0.05) is 41.3 Å². The van der Waals surface area contributed by atoms with Gasteiger partial charge in [-0.15, -0.1) is 0 Å². The number of amides is 2. The molecular formula is C47H56N4O5. The zero-order valence-corrected chi connectivity index (χ0v) is 33.6. The van der Waals surface area contributed by atoms with Crippen LogP contribution >= 0.6 is 0 Å². The molecule has 1 unspecified atom stereocenters. The van der Waals surface area contributed by atoms with Crippen molar-refractivity contribution in [2.75, 3.05) is 19.0 Å². The molecule has 1 saturated carbocycles. The second-order valence-electron chi connectivity index (χ2n) is 16.3. The summed E-state index contributed by atoms with van der Waals surface area (Å²) in [4.78, 5) is 50.4. The summed E-state index contributed by atoms with van der Waals surface area (Å²) >= 11 is 0. The van der Waals surface area contributed by atoms with Crippen LogP contribution in [0.4, 0.5) is 5.69 Å². The number of nitrogens with one attached hydrogen (secondary N) is 1. The van der Waals surface area contributed by atoms with Crippen molar-refractivity contribution in [2.24, 2.45) is 17.8 Å². The van der Waals surface area contributed by atoms with Gasteiger partial charge in [-0.1, -0.05) is 68.7 Å². The molecule has 4 aromatic rings. The lowest BCUT2D eigenvalue weighted by Crippen LogP contribution is -2.38. The van der Waals surface area contributed by atoms with Crippen LogP contribution in [0.1, 0.15) is 106 Å². The monoisotopic (exact) mass is 756 g/mol. The lowest BCUT2D eigenvalue weighted by atomic mass is 9.71. The number of carbonyl (C=O) groups is 3. The highest BCUT2D eigenvalue weighted by Crippen LogP contribution is 2.41. The van der Waals surface area contributed by atoms with Gasteiger partial charge < -0.3 is 19.7 Å². The molecule has 9 heteroatoms. The van der Waals surface area contributed by atoms with E-state index < -0.39 is 11.6 Å². The first-order valence-electron chi connectivity index (χ1n) is 20.1. The quantitative estimate of drug-likeness (QED) is 0.135. The first-order valence-corrected chi connectivity index (χ1v) is 20.1. The predicted octanol–water partition coefficient (Wildman–Crippen LogP) is 9.72. The number of hydrogen-bond acceptors (Lipinski definition) is 7. The van der Waals surface area contributed by atoms with Gasteiger partial charge in [-0.2, -0.15) is 0 Å². The fraction of sp³-hybridized carbons (Fsp3) is 0.426. The third kappa shape index (κ3) is 11.1. The first-order chi connectivity index (χ1) is 27.0. The highest BCUT2D eigenvalue weighted by molar-refractivity contribution is 5.97. The molecule has 0 saturated heterocycles. The minimum atomic E-state index is -0.696. The van der Waals surface area contributed by atoms with Gasteiger partial charge >= 0.3 is 5.97 Å². The van der Waals surface area contributed by atoms with Gasteiger partial charge in [-0.25, -0.2) is 9.97 Å². The van der Waals surface area contributed by atoms with Crippen molar-refractivity contribution in [3.8, 4) is 17.1 Å². The van der Waals surface area contributed by atoms with Crippen molar-refractivity contribution in [1.82, 2.24) is 14.9 Å². The van der Waals surface area contributed by atoms with Gasteiger partial charge in [0.25, 0.3) is 5.91 Å². The highest BCUT2D eigenvalue weighted by Gasteiger charge is 2.29. The van der Waals surface area contributed by atoms with E-state index >= 15 is 0 Å². The van der Waals surface area contributed by atoms with Crippen LogP contribution in [0.5, 0.6) is 5.75 Å². The van der Waals surface area contributed by atoms with Gasteiger partial charge in [-0.3, -0.25) is 14.4 Å². The third-order valence-electron chi connectivity index (χ3n) is 11.2. The second-order valence-corrected chi connectivity index (χ2v) is 16.3. The molecular weight excluding hydrogens is 701 g/mol. The highest BCUT2D eigenvalue weighted by atomic mass is 16.6. The van der Waals surface area contributed by atoms with E-state index in [9.17, 15) is 14.4 Å². The predicted molar refractivity (Wildman–Crippen MR) is 221 cm³/mol. The van der Waals surface area contributed by atoms with Crippen LogP contribution in [-0.4, -0.2) is 51.9 Å². The Morgan fingerprint density at radius 2 is 1.46 bits per heavy atom. The number of esters is 1. The minimum Gasteiger partial charge on any atom is -0.497 e. The van der Waals surface area contributed by atoms with E-state index in [0.717, 1.165) is 58.6 Å². The van der Waals surface area contributed by atoms with Crippen LogP contribution in [0.3, 0.4) is 0 Å². The van der Waals surface area contributed by atoms with Crippen LogP contribution in [0.15, 0.2) is 91.3 Å². The number of allylic oxidation sites excluding steroid dienone is 2. The molecule has 1 heterocycles. The van der Waals surface area contributed by atoms with E-state index in [0.29, 0.717) is 17.1 Å². The van der Waals surface area contributed by atoms with Crippen molar-refractivity contribution in [2.45, 2.75) is 97.6 Å². The molecule has 6 rings (SSSR count). The van der Waals surface area contributed by atoms with E-state index in [4.69, 9.17) is 19.4 Å². The summed E-state index contributed by atoms with van der Waals surface area (Å²) in [5, 5.41) is 2.88. The van der Waals surface area contributed by atoms with E-state index in [2.05, 4.69) is 18.3 Å². The maximum atomic E-state index is 13.8. The number of nitrogens with zero attached hydrogens (tertiary/aromatic N) is 3. The summed E-state index contributed by atoms with van der Waals surface area (Å²) in [7, 11) is 1.60. The van der Waals surface area contributed by atoms with Gasteiger partial charge in [-0.05, 0) is 124 Å². The fourth-order valence-corrected chi connectivity index (χ4v) is 7.98. The zero-order valence-electron chi connectivity index (χ0n) is 33.6. The van der Waals surface area contributed by atoms with Gasteiger partial charge in [0.15, 0.2) is 5.82 Å². The Bertz CT molecular complexity index is 1960. The van der Waals surface area contributed by atoms with E-state index in [-0.39, 0.29) is 31.3 Å². The molecule has 294 valence electrons. The smallest absolute Gasteiger partial charge is 0.326 e. The van der Waals surface area contributed by atoms with Gasteiger partial charge in [0.05, 0.1) is 13.5 Å². The van der Waals surface area contributed by atoms with E-state index in [1.165, 1.54) is 49.0 Å². The molecule has 56 heavy (non-hydrogen) atoms. The average molecular weight is 757 g/mol. The maximum absolute atomic E-state index is 13.8. The molecule has 3 aromatic carbocycles. The lowest BCUT2D eigenvalue weighted by molar-refractivity contribution is -0.155. The molecule has 1 aromatic heterocycles. The van der Waals surface area contributed by atoms with Crippen molar-refractivity contribution >= 4 is 29.0 Å². The number of carbonyl (C=O) groups excluding carboxylic acids is 3. The zero-order chi connectivity index (χ0) is 39.7. The number of methoxy groups -OCH3 is 1. The Balaban J connectivity index is 1.07. The topological polar surface area (TPSA) is 111 Å². The molecule has 2 aliphatic carbocycles. The van der Waals surface area contributed by atoms with Crippen molar-refractivity contribution in [1.29, 1.82) is 0 Å². The Morgan fingerprint density at radius 1 is 0.804 bits per heavy atom. The molecule has 1 N–H and O–H groups in total. The van der Waals surface area contributed by atoms with Gasteiger partial charge in [0.1, 0.15) is 17.9 Å². The van der Waals surface area contributed by atoms with Crippen molar-refractivity contribution < 1.29 is 23.9 Å². The number of benzene rings is 3. The Labute approximate surface area is 331 Å². The molecule has 2 aliphatic rings. The Hall–Kier alpha value is -5.31. The Kier molecular flexibility index (Phi) is 13.4. The van der Waals surface area contributed by atoms with Crippen LogP contribution < -0.4 is 10.1 Å². The standard InChI is InChI=1S/C47H56N4O5/c1-6-32-7-13-35(14-8-32)36-17-19-37(20-18-36)40-28-48-45(49-29-40)38-15-9-34(10-16-38)30-51(31-44(53)56-47(2,3)4)46(54)39-21-23-41(24-22-39)50-43(52)27-33-11-25-42(55-5)26-12-33/h9-12,15-16,19,21-26,28-29,32,35-36H,6-8,13-14,17-18,20,27,30-31H2,1-5H3,(H,50,52). The third-order valence-corrected chi connectivity index (χ3v) is 11.2. The molecule has 1 atom stereocenters. The second kappa shape index (κ2) is 18.5. The van der Waals surface area contributed by atoms with Crippen LogP contribution in [-0.2, 0) is 27.3 Å². The van der Waals surface area contributed by atoms with E-state index in [1.54, 1.807) is 52.1 Å². The summed E-state index contributed by atoms with van der Waals surface area (Å²) < 4.78 is 10.8. The van der Waals surface area contributed by atoms with Crippen molar-refractivity contribution in [3.05, 3.63) is 114 Å². The molecule has 1 fully saturated rings. The molecule has 2 amide bonds. The van der Waals surface area contributed by atoms with Crippen LogP contribution in [0, 0.1) is 17.8 Å². The number of anilines is 1. The van der Waals surface area contributed by atoms with Crippen molar-refractivity contribution in [3.63, 3.8) is 0 Å². The molecule has 0 aliphatic heterocycles. The molecule has 0 spiro atoms.